The third-order valence-corrected chi connectivity index (χ3v) is 4.39. The summed E-state index contributed by atoms with van der Waals surface area (Å²) in [7, 11) is 0. The number of aromatic carboxylic acids is 1. The molecule has 27 heavy (non-hydrogen) atoms. The second kappa shape index (κ2) is 6.42. The molecular formula is C21H15N3O3. The molecule has 1 amide bonds. The highest BCUT2D eigenvalue weighted by molar-refractivity contribution is 5.96. The number of primary amides is 1. The topological polar surface area (TPSA) is 98.2 Å². The Bertz CT molecular complexity index is 1070. The molecule has 4 aromatic rings. The van der Waals surface area contributed by atoms with Gasteiger partial charge in [0.05, 0.1) is 16.8 Å². The lowest BCUT2D eigenvalue weighted by Gasteiger charge is -2.04. The number of fused-ring (bicyclic) bond motifs is 1. The van der Waals surface area contributed by atoms with Crippen LogP contribution in [-0.4, -0.2) is 26.8 Å². The summed E-state index contributed by atoms with van der Waals surface area (Å²) in [6.07, 6.45) is 0. The van der Waals surface area contributed by atoms with Crippen LogP contribution in [0.2, 0.25) is 0 Å². The third kappa shape index (κ3) is 2.93. The number of carbonyl (C=O) groups is 2. The minimum atomic E-state index is -0.970. The quantitative estimate of drug-likeness (QED) is 0.584. The number of amides is 1. The summed E-state index contributed by atoms with van der Waals surface area (Å²) in [5, 5.41) is 14.8. The van der Waals surface area contributed by atoms with Gasteiger partial charge in [0, 0.05) is 16.5 Å². The minimum Gasteiger partial charge on any atom is -0.478 e. The third-order valence-electron chi connectivity index (χ3n) is 4.39. The van der Waals surface area contributed by atoms with Gasteiger partial charge in [-0.15, -0.1) is 0 Å². The summed E-state index contributed by atoms with van der Waals surface area (Å²) in [5.41, 5.74) is 9.25. The number of hydrogen-bond acceptors (Lipinski definition) is 3. The van der Waals surface area contributed by atoms with E-state index < -0.39 is 11.9 Å². The van der Waals surface area contributed by atoms with E-state index in [1.54, 1.807) is 41.1 Å². The highest BCUT2D eigenvalue weighted by Gasteiger charge is 2.14. The van der Waals surface area contributed by atoms with Crippen molar-refractivity contribution in [3.05, 3.63) is 83.9 Å². The van der Waals surface area contributed by atoms with Gasteiger partial charge < -0.3 is 10.8 Å². The first-order chi connectivity index (χ1) is 13.0. The number of benzene rings is 3. The van der Waals surface area contributed by atoms with E-state index in [1.165, 1.54) is 0 Å². The molecule has 132 valence electrons. The molecule has 0 aliphatic carbocycles. The number of carboxylic acids is 1. The summed E-state index contributed by atoms with van der Waals surface area (Å²) >= 11 is 0. The first-order valence-corrected chi connectivity index (χ1v) is 8.26. The first-order valence-electron chi connectivity index (χ1n) is 8.26. The number of carboxylic acid groups (broad SMARTS) is 1. The highest BCUT2D eigenvalue weighted by atomic mass is 16.4. The van der Waals surface area contributed by atoms with Gasteiger partial charge in [0.1, 0.15) is 5.69 Å². The largest absolute Gasteiger partial charge is 0.478 e. The molecule has 0 unspecified atom stereocenters. The number of rotatable bonds is 4. The molecule has 1 heterocycles. The van der Waals surface area contributed by atoms with Crippen LogP contribution in [0.25, 0.3) is 27.8 Å². The Hall–Kier alpha value is -3.93. The van der Waals surface area contributed by atoms with Crippen molar-refractivity contribution in [2.24, 2.45) is 5.73 Å². The Balaban J connectivity index is 1.86. The summed E-state index contributed by atoms with van der Waals surface area (Å²) < 4.78 is 1.78. The van der Waals surface area contributed by atoms with Gasteiger partial charge in [-0.3, -0.25) is 4.79 Å². The fourth-order valence-corrected chi connectivity index (χ4v) is 3.01. The van der Waals surface area contributed by atoms with E-state index in [2.05, 4.69) is 0 Å². The molecule has 6 nitrogen and oxygen atoms in total. The van der Waals surface area contributed by atoms with Gasteiger partial charge in [-0.2, -0.15) is 5.10 Å². The van der Waals surface area contributed by atoms with Crippen molar-refractivity contribution in [3.63, 3.8) is 0 Å². The van der Waals surface area contributed by atoms with Crippen molar-refractivity contribution >= 4 is 22.8 Å². The molecule has 1 aromatic heterocycles. The molecule has 0 bridgehead atoms. The maximum atomic E-state index is 11.3. The van der Waals surface area contributed by atoms with Crippen LogP contribution in [0.15, 0.2) is 72.8 Å². The number of nitrogens with zero attached hydrogens (tertiary/aromatic N) is 2. The lowest BCUT2D eigenvalue weighted by atomic mass is 10.1. The standard InChI is InChI=1S/C21H15N3O3/c22-20(25)14-7-5-13(6-8-14)19-17-3-1-2-4-18(17)24(23-19)16-11-9-15(10-12-16)21(26)27/h1-12H,(H2,22,25)(H,26,27). The summed E-state index contributed by atoms with van der Waals surface area (Å²) in [6.45, 7) is 0. The van der Waals surface area contributed by atoms with Crippen LogP contribution in [0.1, 0.15) is 20.7 Å². The molecule has 6 heteroatoms. The lowest BCUT2D eigenvalue weighted by molar-refractivity contribution is 0.0696. The molecule has 3 N–H and O–H groups in total. The van der Waals surface area contributed by atoms with Crippen LogP contribution >= 0.6 is 0 Å². The average Bonchev–Trinajstić information content (AvgIpc) is 3.08. The Kier molecular flexibility index (Phi) is 3.93. The van der Waals surface area contributed by atoms with Crippen molar-refractivity contribution in [1.29, 1.82) is 0 Å². The van der Waals surface area contributed by atoms with E-state index in [4.69, 9.17) is 15.9 Å². The van der Waals surface area contributed by atoms with Crippen LogP contribution in [0.5, 0.6) is 0 Å². The zero-order chi connectivity index (χ0) is 19.0. The average molecular weight is 357 g/mol. The number of para-hydroxylation sites is 1. The van der Waals surface area contributed by atoms with E-state index in [1.807, 2.05) is 36.4 Å². The summed E-state index contributed by atoms with van der Waals surface area (Å²) in [6, 6.07) is 21.3. The SMILES string of the molecule is NC(=O)c1ccc(-c2nn(-c3ccc(C(=O)O)cc3)c3ccccc23)cc1. The van der Waals surface area contributed by atoms with E-state index in [0.29, 0.717) is 5.56 Å². The number of nitrogens with two attached hydrogens (primary N) is 1. The van der Waals surface area contributed by atoms with Gasteiger partial charge in [0.25, 0.3) is 0 Å². The zero-order valence-electron chi connectivity index (χ0n) is 14.2. The Morgan fingerprint density at radius 2 is 1.48 bits per heavy atom. The highest BCUT2D eigenvalue weighted by Crippen LogP contribution is 2.30. The minimum absolute atomic E-state index is 0.220. The molecule has 0 fully saturated rings. The van der Waals surface area contributed by atoms with Crippen molar-refractivity contribution in [2.75, 3.05) is 0 Å². The number of aromatic nitrogens is 2. The lowest BCUT2D eigenvalue weighted by Crippen LogP contribution is -2.10. The van der Waals surface area contributed by atoms with E-state index >= 15 is 0 Å². The van der Waals surface area contributed by atoms with E-state index in [9.17, 15) is 9.59 Å². The Labute approximate surface area is 154 Å². The van der Waals surface area contributed by atoms with Gasteiger partial charge in [0.2, 0.25) is 5.91 Å². The molecule has 4 rings (SSSR count). The molecule has 0 aliphatic rings. The normalized spacial score (nSPS) is 10.8. The fourth-order valence-electron chi connectivity index (χ4n) is 3.01. The molecule has 0 aliphatic heterocycles. The molecule has 0 spiro atoms. The summed E-state index contributed by atoms with van der Waals surface area (Å²) in [5.74, 6) is -1.45. The monoisotopic (exact) mass is 357 g/mol. The van der Waals surface area contributed by atoms with Crippen LogP contribution in [0.3, 0.4) is 0 Å². The second-order valence-electron chi connectivity index (χ2n) is 6.07. The van der Waals surface area contributed by atoms with Gasteiger partial charge >= 0.3 is 5.97 Å². The van der Waals surface area contributed by atoms with Crippen molar-refractivity contribution in [3.8, 4) is 16.9 Å². The Morgan fingerprint density at radius 3 is 2.11 bits per heavy atom. The van der Waals surface area contributed by atoms with Gasteiger partial charge in [-0.25, -0.2) is 9.48 Å². The molecule has 0 atom stereocenters. The maximum absolute atomic E-state index is 11.3. The van der Waals surface area contributed by atoms with Crippen molar-refractivity contribution < 1.29 is 14.7 Å². The van der Waals surface area contributed by atoms with Crippen LogP contribution in [0, 0.1) is 0 Å². The molecule has 3 aromatic carbocycles. The van der Waals surface area contributed by atoms with Gasteiger partial charge in [-0.1, -0.05) is 30.3 Å². The predicted molar refractivity (Wildman–Crippen MR) is 102 cm³/mol. The van der Waals surface area contributed by atoms with Crippen LogP contribution in [0.4, 0.5) is 0 Å². The van der Waals surface area contributed by atoms with Gasteiger partial charge in [-0.05, 0) is 42.5 Å². The smallest absolute Gasteiger partial charge is 0.335 e. The van der Waals surface area contributed by atoms with Crippen molar-refractivity contribution in [2.45, 2.75) is 0 Å². The van der Waals surface area contributed by atoms with Crippen LogP contribution < -0.4 is 5.73 Å². The number of carbonyl (C=O) groups excluding carboxylic acids is 1. The molecular weight excluding hydrogens is 342 g/mol. The summed E-state index contributed by atoms with van der Waals surface area (Å²) in [4.78, 5) is 22.4. The van der Waals surface area contributed by atoms with E-state index in [0.717, 1.165) is 27.8 Å². The Morgan fingerprint density at radius 1 is 0.852 bits per heavy atom. The molecule has 0 saturated heterocycles. The van der Waals surface area contributed by atoms with Gasteiger partial charge in [0.15, 0.2) is 0 Å². The fraction of sp³-hybridized carbons (Fsp3) is 0. The zero-order valence-corrected chi connectivity index (χ0v) is 14.2. The molecule has 0 saturated carbocycles. The number of hydrogen-bond donors (Lipinski definition) is 2. The first kappa shape index (κ1) is 16.5. The van der Waals surface area contributed by atoms with Crippen molar-refractivity contribution in [1.82, 2.24) is 9.78 Å². The molecule has 0 radical (unpaired) electrons. The van der Waals surface area contributed by atoms with Crippen LogP contribution in [-0.2, 0) is 0 Å². The maximum Gasteiger partial charge on any atom is 0.335 e. The second-order valence-corrected chi connectivity index (χ2v) is 6.07. The predicted octanol–water partition coefficient (Wildman–Crippen LogP) is 3.49. The van der Waals surface area contributed by atoms with E-state index in [-0.39, 0.29) is 5.56 Å².